The Kier molecular flexibility index (Phi) is 8.36. The number of imide groups is 1. The van der Waals surface area contributed by atoms with Crippen LogP contribution in [0.25, 0.3) is 0 Å². The number of carbonyl (C=O) groups is 3. The molecule has 0 aromatic heterocycles. The number of hydrogen-bond acceptors (Lipinski definition) is 4. The Labute approximate surface area is 171 Å². The van der Waals surface area contributed by atoms with Crippen LogP contribution in [0.5, 0.6) is 0 Å². The molecule has 4 amide bonds. The van der Waals surface area contributed by atoms with Crippen molar-refractivity contribution in [2.75, 3.05) is 25.5 Å². The normalized spacial score (nSPS) is 11.6. The second kappa shape index (κ2) is 11.0. The van der Waals surface area contributed by atoms with E-state index in [-0.39, 0.29) is 12.5 Å². The quantitative estimate of drug-likeness (QED) is 0.640. The molecule has 0 radical (unpaired) electrons. The molecule has 2 aromatic rings. The molecule has 3 N–H and O–H groups in total. The van der Waals surface area contributed by atoms with Crippen LogP contribution in [-0.4, -0.2) is 42.9 Å². The van der Waals surface area contributed by atoms with E-state index in [4.69, 9.17) is 0 Å². The number of hydrogen-bond donors (Lipinski definition) is 3. The number of likely N-dealkylation sites (N-methyl/N-ethyl adjacent to an activating group) is 1. The fourth-order valence-corrected chi connectivity index (χ4v) is 3.08. The van der Waals surface area contributed by atoms with Crippen molar-refractivity contribution >= 4 is 23.5 Å². The average molecular weight is 396 g/mol. The molecule has 2 aromatic carbocycles. The Morgan fingerprint density at radius 2 is 1.62 bits per heavy atom. The van der Waals surface area contributed by atoms with Crippen molar-refractivity contribution in [1.82, 2.24) is 15.5 Å². The second-order valence-corrected chi connectivity index (χ2v) is 6.64. The van der Waals surface area contributed by atoms with Gasteiger partial charge in [-0.3, -0.25) is 19.8 Å². The fourth-order valence-electron chi connectivity index (χ4n) is 3.08. The molecule has 0 aliphatic carbocycles. The summed E-state index contributed by atoms with van der Waals surface area (Å²) in [6.45, 7) is 4.18. The standard InChI is InChI=1S/C22H28N4O3/c1-4-16-11-9-10-14-18(16)24-19(27)15-26(3)20(17-12-7-6-8-13-17)21(28)25-22(29)23-5-2/h6-14,20H,4-5,15H2,1-3H3,(H,24,27)(H2,23,25,28,29). The highest BCUT2D eigenvalue weighted by atomic mass is 16.2. The molecule has 0 saturated carbocycles. The zero-order valence-electron chi connectivity index (χ0n) is 17.1. The van der Waals surface area contributed by atoms with Gasteiger partial charge in [-0.25, -0.2) is 4.79 Å². The summed E-state index contributed by atoms with van der Waals surface area (Å²) in [5.41, 5.74) is 2.49. The van der Waals surface area contributed by atoms with Crippen LogP contribution < -0.4 is 16.0 Å². The highest BCUT2D eigenvalue weighted by Gasteiger charge is 2.27. The third kappa shape index (κ3) is 6.43. The van der Waals surface area contributed by atoms with Crippen LogP contribution in [0, 0.1) is 0 Å². The number of aryl methyl sites for hydroxylation is 1. The number of anilines is 1. The predicted molar refractivity (Wildman–Crippen MR) is 113 cm³/mol. The Balaban J connectivity index is 2.14. The van der Waals surface area contributed by atoms with Gasteiger partial charge in [-0.05, 0) is 37.6 Å². The molecule has 29 heavy (non-hydrogen) atoms. The molecule has 0 spiro atoms. The van der Waals surface area contributed by atoms with Gasteiger partial charge in [0.25, 0.3) is 0 Å². The van der Waals surface area contributed by atoms with Gasteiger partial charge in [-0.2, -0.15) is 0 Å². The van der Waals surface area contributed by atoms with Crippen molar-refractivity contribution in [2.45, 2.75) is 26.3 Å². The Morgan fingerprint density at radius 1 is 0.966 bits per heavy atom. The van der Waals surface area contributed by atoms with E-state index in [0.717, 1.165) is 17.7 Å². The van der Waals surface area contributed by atoms with Crippen LogP contribution in [0.1, 0.15) is 31.0 Å². The van der Waals surface area contributed by atoms with Crippen molar-refractivity contribution in [2.24, 2.45) is 0 Å². The van der Waals surface area contributed by atoms with Crippen LogP contribution >= 0.6 is 0 Å². The summed E-state index contributed by atoms with van der Waals surface area (Å²) >= 11 is 0. The molecule has 0 aliphatic heterocycles. The van der Waals surface area contributed by atoms with Crippen LogP contribution in [0.2, 0.25) is 0 Å². The maximum absolute atomic E-state index is 12.8. The first-order valence-electron chi connectivity index (χ1n) is 9.67. The first-order valence-corrected chi connectivity index (χ1v) is 9.67. The lowest BCUT2D eigenvalue weighted by molar-refractivity contribution is -0.126. The van der Waals surface area contributed by atoms with E-state index in [9.17, 15) is 14.4 Å². The summed E-state index contributed by atoms with van der Waals surface area (Å²) < 4.78 is 0. The van der Waals surface area contributed by atoms with Crippen LogP contribution in [0.3, 0.4) is 0 Å². The summed E-state index contributed by atoms with van der Waals surface area (Å²) in [7, 11) is 1.68. The van der Waals surface area contributed by atoms with Crippen LogP contribution in [-0.2, 0) is 16.0 Å². The van der Waals surface area contributed by atoms with E-state index in [2.05, 4.69) is 16.0 Å². The van der Waals surface area contributed by atoms with Gasteiger partial charge in [-0.1, -0.05) is 55.5 Å². The molecule has 0 bridgehead atoms. The summed E-state index contributed by atoms with van der Waals surface area (Å²) in [5.74, 6) is -0.730. The molecular weight excluding hydrogens is 368 g/mol. The fraction of sp³-hybridized carbons (Fsp3) is 0.318. The molecule has 154 valence electrons. The summed E-state index contributed by atoms with van der Waals surface area (Å²) in [6, 6.07) is 15.3. The number of nitrogens with one attached hydrogen (secondary N) is 3. The minimum Gasteiger partial charge on any atom is -0.338 e. The predicted octanol–water partition coefficient (Wildman–Crippen LogP) is 2.71. The number of rotatable bonds is 8. The average Bonchev–Trinajstić information content (AvgIpc) is 2.69. The smallest absolute Gasteiger partial charge is 0.321 e. The van der Waals surface area contributed by atoms with Crippen LogP contribution in [0.4, 0.5) is 10.5 Å². The van der Waals surface area contributed by atoms with E-state index in [1.807, 2.05) is 49.4 Å². The van der Waals surface area contributed by atoms with Gasteiger partial charge in [0.05, 0.1) is 6.54 Å². The van der Waals surface area contributed by atoms with E-state index in [1.165, 1.54) is 0 Å². The number of benzene rings is 2. The number of amides is 4. The van der Waals surface area contributed by atoms with Crippen molar-refractivity contribution in [1.29, 1.82) is 0 Å². The lowest BCUT2D eigenvalue weighted by Gasteiger charge is -2.27. The van der Waals surface area contributed by atoms with Gasteiger partial charge >= 0.3 is 6.03 Å². The minimum absolute atomic E-state index is 0.0135. The molecule has 7 heteroatoms. The lowest BCUT2D eigenvalue weighted by atomic mass is 10.0. The lowest BCUT2D eigenvalue weighted by Crippen LogP contribution is -2.46. The maximum atomic E-state index is 12.8. The molecule has 2 rings (SSSR count). The first-order chi connectivity index (χ1) is 14.0. The van der Waals surface area contributed by atoms with Crippen molar-refractivity contribution in [3.05, 3.63) is 65.7 Å². The largest absolute Gasteiger partial charge is 0.338 e. The van der Waals surface area contributed by atoms with E-state index < -0.39 is 18.0 Å². The van der Waals surface area contributed by atoms with E-state index >= 15 is 0 Å². The summed E-state index contributed by atoms with van der Waals surface area (Å²) in [6.07, 6.45) is 0.799. The Morgan fingerprint density at radius 3 is 2.28 bits per heavy atom. The number of urea groups is 1. The molecule has 0 fully saturated rings. The van der Waals surface area contributed by atoms with Crippen LogP contribution in [0.15, 0.2) is 54.6 Å². The molecule has 0 aliphatic rings. The minimum atomic E-state index is -0.786. The van der Waals surface area contributed by atoms with E-state index in [0.29, 0.717) is 12.1 Å². The Hall–Kier alpha value is -3.19. The SMILES string of the molecule is CCNC(=O)NC(=O)C(c1ccccc1)N(C)CC(=O)Nc1ccccc1CC. The monoisotopic (exact) mass is 396 g/mol. The van der Waals surface area contributed by atoms with Gasteiger partial charge in [-0.15, -0.1) is 0 Å². The summed E-state index contributed by atoms with van der Waals surface area (Å²) in [5, 5.41) is 7.79. The topological polar surface area (TPSA) is 90.5 Å². The molecule has 0 saturated heterocycles. The van der Waals surface area contributed by atoms with Gasteiger partial charge in [0.2, 0.25) is 11.8 Å². The third-order valence-electron chi connectivity index (χ3n) is 4.44. The first kappa shape index (κ1) is 22.1. The van der Waals surface area contributed by atoms with Crippen molar-refractivity contribution < 1.29 is 14.4 Å². The molecule has 0 heterocycles. The third-order valence-corrected chi connectivity index (χ3v) is 4.44. The van der Waals surface area contributed by atoms with Gasteiger partial charge in [0, 0.05) is 12.2 Å². The van der Waals surface area contributed by atoms with E-state index in [1.54, 1.807) is 31.0 Å². The highest BCUT2D eigenvalue weighted by molar-refractivity contribution is 5.98. The van der Waals surface area contributed by atoms with Crippen molar-refractivity contribution in [3.8, 4) is 0 Å². The number of carbonyl (C=O) groups excluding carboxylic acids is 3. The maximum Gasteiger partial charge on any atom is 0.321 e. The molecule has 7 nitrogen and oxygen atoms in total. The zero-order valence-corrected chi connectivity index (χ0v) is 17.1. The Bertz CT molecular complexity index is 839. The van der Waals surface area contributed by atoms with Gasteiger partial charge < -0.3 is 10.6 Å². The molecular formula is C22H28N4O3. The molecule has 1 unspecified atom stereocenters. The number of para-hydroxylation sites is 1. The molecule has 1 atom stereocenters. The highest BCUT2D eigenvalue weighted by Crippen LogP contribution is 2.20. The number of nitrogens with zero attached hydrogens (tertiary/aromatic N) is 1. The van der Waals surface area contributed by atoms with Crippen molar-refractivity contribution in [3.63, 3.8) is 0 Å². The second-order valence-electron chi connectivity index (χ2n) is 6.64. The summed E-state index contributed by atoms with van der Waals surface area (Å²) in [4.78, 5) is 38.8. The zero-order chi connectivity index (χ0) is 21.2. The van der Waals surface area contributed by atoms with Gasteiger partial charge in [0.1, 0.15) is 6.04 Å². The van der Waals surface area contributed by atoms with Gasteiger partial charge in [0.15, 0.2) is 0 Å².